The molecule has 0 saturated carbocycles. The van der Waals surface area contributed by atoms with Gasteiger partial charge in [0.2, 0.25) is 0 Å². The second-order valence-corrected chi connectivity index (χ2v) is 4.27. The van der Waals surface area contributed by atoms with Crippen molar-refractivity contribution < 1.29 is 9.47 Å². The molecule has 0 bridgehead atoms. The maximum absolute atomic E-state index is 5.88. The predicted octanol–water partition coefficient (Wildman–Crippen LogP) is 1.32. The van der Waals surface area contributed by atoms with Gasteiger partial charge in [-0.3, -0.25) is 0 Å². The van der Waals surface area contributed by atoms with Gasteiger partial charge in [-0.1, -0.05) is 0 Å². The second kappa shape index (κ2) is 5.69. The fraction of sp³-hybridized carbons (Fsp3) is 1.00. The van der Waals surface area contributed by atoms with E-state index in [2.05, 4.69) is 5.32 Å². The van der Waals surface area contributed by atoms with Crippen molar-refractivity contribution in [2.24, 2.45) is 0 Å². The molecule has 2 atom stereocenters. The molecular formula is C11H21NO2. The monoisotopic (exact) mass is 199 g/mol. The quantitative estimate of drug-likeness (QED) is 0.743. The number of hydrogen-bond acceptors (Lipinski definition) is 3. The number of hydrogen-bond donors (Lipinski definition) is 1. The third kappa shape index (κ3) is 3.23. The molecule has 2 saturated heterocycles. The molecule has 82 valence electrons. The van der Waals surface area contributed by atoms with Crippen molar-refractivity contribution in [2.75, 3.05) is 26.3 Å². The van der Waals surface area contributed by atoms with Crippen molar-refractivity contribution in [3.8, 4) is 0 Å². The first kappa shape index (κ1) is 10.4. The predicted molar refractivity (Wildman–Crippen MR) is 55.4 cm³/mol. The summed E-state index contributed by atoms with van der Waals surface area (Å²) in [6.45, 7) is 4.00. The molecule has 3 heteroatoms. The van der Waals surface area contributed by atoms with E-state index in [1.807, 2.05) is 0 Å². The average molecular weight is 199 g/mol. The molecule has 2 aliphatic heterocycles. The summed E-state index contributed by atoms with van der Waals surface area (Å²) in [5.41, 5.74) is 0. The van der Waals surface area contributed by atoms with Gasteiger partial charge in [0.25, 0.3) is 0 Å². The lowest BCUT2D eigenvalue weighted by atomic mass is 10.1. The zero-order chi connectivity index (χ0) is 9.64. The Morgan fingerprint density at radius 1 is 1.14 bits per heavy atom. The Hall–Kier alpha value is -0.120. The summed E-state index contributed by atoms with van der Waals surface area (Å²) in [7, 11) is 0. The molecule has 1 N–H and O–H groups in total. The zero-order valence-corrected chi connectivity index (χ0v) is 8.84. The fourth-order valence-corrected chi connectivity index (χ4v) is 2.17. The van der Waals surface area contributed by atoms with E-state index in [-0.39, 0.29) is 0 Å². The molecule has 14 heavy (non-hydrogen) atoms. The molecule has 0 radical (unpaired) electrons. The SMILES string of the molecule is C1CNCCC(OCC2CCCO2)C1. The summed E-state index contributed by atoms with van der Waals surface area (Å²) in [5, 5.41) is 3.39. The highest BCUT2D eigenvalue weighted by molar-refractivity contribution is 4.69. The summed E-state index contributed by atoms with van der Waals surface area (Å²) >= 11 is 0. The first-order valence-electron chi connectivity index (χ1n) is 5.89. The standard InChI is InChI=1S/C11H21NO2/c1-3-10(5-7-12-6-1)14-9-11-4-2-8-13-11/h10-12H,1-9H2. The highest BCUT2D eigenvalue weighted by Crippen LogP contribution is 2.15. The Morgan fingerprint density at radius 3 is 3.00 bits per heavy atom. The van der Waals surface area contributed by atoms with Crippen LogP contribution in [-0.2, 0) is 9.47 Å². The average Bonchev–Trinajstić information content (AvgIpc) is 2.58. The van der Waals surface area contributed by atoms with Gasteiger partial charge in [-0.05, 0) is 45.2 Å². The minimum Gasteiger partial charge on any atom is -0.376 e. The van der Waals surface area contributed by atoms with Crippen LogP contribution in [-0.4, -0.2) is 38.5 Å². The van der Waals surface area contributed by atoms with Crippen LogP contribution in [0, 0.1) is 0 Å². The van der Waals surface area contributed by atoms with Gasteiger partial charge in [0, 0.05) is 6.61 Å². The molecule has 2 aliphatic rings. The smallest absolute Gasteiger partial charge is 0.0809 e. The van der Waals surface area contributed by atoms with Gasteiger partial charge >= 0.3 is 0 Å². The number of rotatable bonds is 3. The third-order valence-corrected chi connectivity index (χ3v) is 3.06. The second-order valence-electron chi connectivity index (χ2n) is 4.27. The summed E-state index contributed by atoms with van der Waals surface area (Å²) in [4.78, 5) is 0. The van der Waals surface area contributed by atoms with Crippen LogP contribution in [0.5, 0.6) is 0 Å². The van der Waals surface area contributed by atoms with Gasteiger partial charge in [0.05, 0.1) is 18.8 Å². The maximum Gasteiger partial charge on any atom is 0.0809 e. The minimum atomic E-state index is 0.381. The summed E-state index contributed by atoms with van der Waals surface area (Å²) < 4.78 is 11.4. The van der Waals surface area contributed by atoms with E-state index in [9.17, 15) is 0 Å². The molecule has 0 amide bonds. The zero-order valence-electron chi connectivity index (χ0n) is 8.84. The molecule has 0 aliphatic carbocycles. The van der Waals surface area contributed by atoms with E-state index in [4.69, 9.17) is 9.47 Å². The van der Waals surface area contributed by atoms with Crippen LogP contribution in [0.1, 0.15) is 32.1 Å². The van der Waals surface area contributed by atoms with E-state index in [0.717, 1.165) is 32.7 Å². The summed E-state index contributed by atoms with van der Waals surface area (Å²) in [6.07, 6.45) is 6.86. The van der Waals surface area contributed by atoms with E-state index in [1.54, 1.807) is 0 Å². The van der Waals surface area contributed by atoms with Gasteiger partial charge in [-0.2, -0.15) is 0 Å². The first-order chi connectivity index (χ1) is 6.95. The van der Waals surface area contributed by atoms with E-state index < -0.39 is 0 Å². The van der Waals surface area contributed by atoms with Crippen LogP contribution < -0.4 is 5.32 Å². The Labute approximate surface area is 86.2 Å². The van der Waals surface area contributed by atoms with Crippen LogP contribution in [0.15, 0.2) is 0 Å². The molecule has 2 rings (SSSR count). The Bertz CT molecular complexity index is 149. The third-order valence-electron chi connectivity index (χ3n) is 3.06. The Morgan fingerprint density at radius 2 is 2.14 bits per heavy atom. The first-order valence-corrected chi connectivity index (χ1v) is 5.89. The molecule has 0 spiro atoms. The lowest BCUT2D eigenvalue weighted by Gasteiger charge is -2.17. The van der Waals surface area contributed by atoms with Gasteiger partial charge in [-0.15, -0.1) is 0 Å². The highest BCUT2D eigenvalue weighted by Gasteiger charge is 2.18. The molecule has 2 fully saturated rings. The normalized spacial score (nSPS) is 34.3. The molecule has 2 heterocycles. The number of nitrogens with one attached hydrogen (secondary N) is 1. The fourth-order valence-electron chi connectivity index (χ4n) is 2.17. The Kier molecular flexibility index (Phi) is 4.22. The van der Waals surface area contributed by atoms with Crippen LogP contribution in [0.3, 0.4) is 0 Å². The molecule has 0 aromatic heterocycles. The van der Waals surface area contributed by atoms with Crippen LogP contribution in [0.25, 0.3) is 0 Å². The molecule has 0 aromatic carbocycles. The lowest BCUT2D eigenvalue weighted by Crippen LogP contribution is -2.22. The Balaban J connectivity index is 1.62. The van der Waals surface area contributed by atoms with Gasteiger partial charge in [0.1, 0.15) is 0 Å². The maximum atomic E-state index is 5.88. The van der Waals surface area contributed by atoms with Crippen molar-refractivity contribution in [3.63, 3.8) is 0 Å². The topological polar surface area (TPSA) is 30.5 Å². The number of ether oxygens (including phenoxy) is 2. The molecular weight excluding hydrogens is 178 g/mol. The molecule has 0 aromatic rings. The lowest BCUT2D eigenvalue weighted by molar-refractivity contribution is -0.0240. The van der Waals surface area contributed by atoms with Crippen molar-refractivity contribution in [3.05, 3.63) is 0 Å². The highest BCUT2D eigenvalue weighted by atomic mass is 16.5. The van der Waals surface area contributed by atoms with Gasteiger partial charge < -0.3 is 14.8 Å². The van der Waals surface area contributed by atoms with Crippen molar-refractivity contribution >= 4 is 0 Å². The molecule has 3 nitrogen and oxygen atoms in total. The molecule has 2 unspecified atom stereocenters. The van der Waals surface area contributed by atoms with Gasteiger partial charge in [0.15, 0.2) is 0 Å². The summed E-state index contributed by atoms with van der Waals surface area (Å²) in [6, 6.07) is 0. The van der Waals surface area contributed by atoms with Crippen molar-refractivity contribution in [2.45, 2.75) is 44.3 Å². The van der Waals surface area contributed by atoms with Gasteiger partial charge in [-0.25, -0.2) is 0 Å². The van der Waals surface area contributed by atoms with Crippen molar-refractivity contribution in [1.82, 2.24) is 5.32 Å². The van der Waals surface area contributed by atoms with Crippen LogP contribution in [0.2, 0.25) is 0 Å². The van der Waals surface area contributed by atoms with E-state index in [0.29, 0.717) is 12.2 Å². The van der Waals surface area contributed by atoms with Crippen LogP contribution in [0.4, 0.5) is 0 Å². The van der Waals surface area contributed by atoms with Crippen LogP contribution >= 0.6 is 0 Å². The minimum absolute atomic E-state index is 0.381. The summed E-state index contributed by atoms with van der Waals surface area (Å²) in [5.74, 6) is 0. The van der Waals surface area contributed by atoms with Crippen molar-refractivity contribution in [1.29, 1.82) is 0 Å². The van der Waals surface area contributed by atoms with E-state index >= 15 is 0 Å². The largest absolute Gasteiger partial charge is 0.376 e. The van der Waals surface area contributed by atoms with E-state index in [1.165, 1.54) is 25.7 Å².